The number of carbonyl (C=O) groups is 1. The lowest BCUT2D eigenvalue weighted by Crippen LogP contribution is -2.34. The second-order valence-corrected chi connectivity index (χ2v) is 3.09. The summed E-state index contributed by atoms with van der Waals surface area (Å²) < 4.78 is 16.2. The fourth-order valence-corrected chi connectivity index (χ4v) is 1.29. The van der Waals surface area contributed by atoms with Gasteiger partial charge in [-0.3, -0.25) is 4.79 Å². The van der Waals surface area contributed by atoms with Crippen molar-refractivity contribution in [3.8, 4) is 0 Å². The predicted molar refractivity (Wildman–Crippen MR) is 60.9 cm³/mol. The van der Waals surface area contributed by atoms with Crippen LogP contribution >= 0.6 is 0 Å². The standard InChI is InChI=1S/C12H14FNO2/c1-2-8-14(12(15)9-16-10-13)11-6-4-3-5-7-11/h2-7H,1,8-10H2. The molecule has 1 amide bonds. The van der Waals surface area contributed by atoms with Gasteiger partial charge in [0, 0.05) is 12.2 Å². The topological polar surface area (TPSA) is 29.5 Å². The molecule has 0 aromatic heterocycles. The maximum absolute atomic E-state index is 11.8. The van der Waals surface area contributed by atoms with E-state index in [1.165, 1.54) is 4.90 Å². The highest BCUT2D eigenvalue weighted by molar-refractivity contribution is 5.94. The summed E-state index contributed by atoms with van der Waals surface area (Å²) in [5, 5.41) is 0. The molecule has 1 aromatic carbocycles. The summed E-state index contributed by atoms with van der Waals surface area (Å²) in [6.07, 6.45) is 1.61. The largest absolute Gasteiger partial charge is 0.341 e. The first-order chi connectivity index (χ1) is 7.79. The third-order valence-corrected chi connectivity index (χ3v) is 1.98. The van der Waals surface area contributed by atoms with Crippen molar-refractivity contribution in [1.82, 2.24) is 0 Å². The zero-order valence-corrected chi connectivity index (χ0v) is 8.93. The zero-order valence-electron chi connectivity index (χ0n) is 8.93. The number of halogens is 1. The van der Waals surface area contributed by atoms with Gasteiger partial charge in [-0.1, -0.05) is 24.3 Å². The number of hydrogen-bond acceptors (Lipinski definition) is 2. The highest BCUT2D eigenvalue weighted by Crippen LogP contribution is 2.13. The van der Waals surface area contributed by atoms with E-state index in [0.717, 1.165) is 5.69 Å². The molecule has 86 valence electrons. The summed E-state index contributed by atoms with van der Waals surface area (Å²) in [5.41, 5.74) is 0.745. The number of rotatable bonds is 6. The van der Waals surface area contributed by atoms with E-state index in [1.54, 1.807) is 18.2 Å². The molecule has 0 spiro atoms. The van der Waals surface area contributed by atoms with E-state index >= 15 is 0 Å². The third kappa shape index (κ3) is 3.47. The molecule has 0 aliphatic carbocycles. The van der Waals surface area contributed by atoms with Crippen molar-refractivity contribution in [2.24, 2.45) is 0 Å². The summed E-state index contributed by atoms with van der Waals surface area (Å²) in [5.74, 6) is -0.288. The minimum atomic E-state index is -0.956. The first-order valence-corrected chi connectivity index (χ1v) is 4.89. The first kappa shape index (κ1) is 12.4. The van der Waals surface area contributed by atoms with Crippen molar-refractivity contribution in [1.29, 1.82) is 0 Å². The molecule has 0 aliphatic rings. The summed E-state index contributed by atoms with van der Waals surface area (Å²) in [4.78, 5) is 13.2. The van der Waals surface area contributed by atoms with Crippen molar-refractivity contribution in [3.05, 3.63) is 43.0 Å². The van der Waals surface area contributed by atoms with Gasteiger partial charge < -0.3 is 9.64 Å². The monoisotopic (exact) mass is 223 g/mol. The Kier molecular flexibility index (Phi) is 5.22. The zero-order chi connectivity index (χ0) is 11.8. The number of nitrogens with zero attached hydrogens (tertiary/aromatic N) is 1. The molecule has 0 aliphatic heterocycles. The normalized spacial score (nSPS) is 9.81. The number of amides is 1. The van der Waals surface area contributed by atoms with Crippen molar-refractivity contribution in [3.63, 3.8) is 0 Å². The number of anilines is 1. The van der Waals surface area contributed by atoms with Gasteiger partial charge in [0.1, 0.15) is 6.61 Å². The van der Waals surface area contributed by atoms with E-state index in [1.807, 2.05) is 18.2 Å². The van der Waals surface area contributed by atoms with Crippen LogP contribution in [0.2, 0.25) is 0 Å². The van der Waals surface area contributed by atoms with Gasteiger partial charge in [0.05, 0.1) is 0 Å². The molecular formula is C12H14FNO2. The van der Waals surface area contributed by atoms with E-state index in [2.05, 4.69) is 11.3 Å². The number of carbonyl (C=O) groups excluding carboxylic acids is 1. The van der Waals surface area contributed by atoms with Crippen LogP contribution in [0.25, 0.3) is 0 Å². The Morgan fingerprint density at radius 3 is 2.69 bits per heavy atom. The van der Waals surface area contributed by atoms with Crippen molar-refractivity contribution >= 4 is 11.6 Å². The Hall–Kier alpha value is -1.68. The quantitative estimate of drug-likeness (QED) is 0.691. The molecule has 0 atom stereocenters. The van der Waals surface area contributed by atoms with Crippen LogP contribution in [0.5, 0.6) is 0 Å². The minimum Gasteiger partial charge on any atom is -0.341 e. The van der Waals surface area contributed by atoms with Crippen LogP contribution in [0.15, 0.2) is 43.0 Å². The smallest absolute Gasteiger partial charge is 0.253 e. The summed E-state index contributed by atoms with van der Waals surface area (Å²) in [6.45, 7) is 2.73. The van der Waals surface area contributed by atoms with Crippen molar-refractivity contribution < 1.29 is 13.9 Å². The molecule has 0 bridgehead atoms. The molecular weight excluding hydrogens is 209 g/mol. The maximum atomic E-state index is 11.8. The lowest BCUT2D eigenvalue weighted by Gasteiger charge is -2.20. The van der Waals surface area contributed by atoms with Crippen LogP contribution in [0, 0.1) is 0 Å². The number of alkyl halides is 1. The summed E-state index contributed by atoms with van der Waals surface area (Å²) in [7, 11) is 0. The third-order valence-electron chi connectivity index (χ3n) is 1.98. The average molecular weight is 223 g/mol. The Morgan fingerprint density at radius 1 is 1.44 bits per heavy atom. The van der Waals surface area contributed by atoms with Gasteiger partial charge in [-0.15, -0.1) is 6.58 Å². The summed E-state index contributed by atoms with van der Waals surface area (Å²) in [6, 6.07) is 9.12. The van der Waals surface area contributed by atoms with Crippen LogP contribution in [-0.2, 0) is 9.53 Å². The molecule has 0 heterocycles. The molecule has 3 nitrogen and oxygen atoms in total. The Morgan fingerprint density at radius 2 is 2.12 bits per heavy atom. The SMILES string of the molecule is C=CCN(C(=O)COCF)c1ccccc1. The molecule has 0 N–H and O–H groups in total. The minimum absolute atomic E-state index is 0.265. The molecule has 0 fully saturated rings. The number of para-hydroxylation sites is 1. The van der Waals surface area contributed by atoms with Gasteiger partial charge in [0.2, 0.25) is 0 Å². The predicted octanol–water partition coefficient (Wildman–Crippen LogP) is 2.15. The summed E-state index contributed by atoms with van der Waals surface area (Å²) >= 11 is 0. The van der Waals surface area contributed by atoms with Gasteiger partial charge in [-0.2, -0.15) is 0 Å². The lowest BCUT2D eigenvalue weighted by molar-refractivity contribution is -0.124. The van der Waals surface area contributed by atoms with Crippen LogP contribution < -0.4 is 4.90 Å². The highest BCUT2D eigenvalue weighted by Gasteiger charge is 2.13. The van der Waals surface area contributed by atoms with Crippen molar-refractivity contribution in [2.75, 3.05) is 24.9 Å². The molecule has 4 heteroatoms. The molecule has 0 saturated heterocycles. The van der Waals surface area contributed by atoms with Crippen LogP contribution in [0.3, 0.4) is 0 Å². The van der Waals surface area contributed by atoms with E-state index in [-0.39, 0.29) is 12.5 Å². The highest BCUT2D eigenvalue weighted by atomic mass is 19.1. The van der Waals surface area contributed by atoms with Crippen LogP contribution in [0.4, 0.5) is 10.1 Å². The molecule has 0 saturated carbocycles. The van der Waals surface area contributed by atoms with Gasteiger partial charge >= 0.3 is 0 Å². The number of ether oxygens (including phenoxy) is 1. The Balaban J connectivity index is 2.74. The molecule has 16 heavy (non-hydrogen) atoms. The van der Waals surface area contributed by atoms with E-state index in [9.17, 15) is 9.18 Å². The average Bonchev–Trinajstić information content (AvgIpc) is 2.34. The van der Waals surface area contributed by atoms with Gasteiger partial charge in [0.15, 0.2) is 6.86 Å². The van der Waals surface area contributed by atoms with Gasteiger partial charge in [-0.05, 0) is 12.1 Å². The second-order valence-electron chi connectivity index (χ2n) is 3.09. The number of hydrogen-bond donors (Lipinski definition) is 0. The van der Waals surface area contributed by atoms with Crippen molar-refractivity contribution in [2.45, 2.75) is 0 Å². The first-order valence-electron chi connectivity index (χ1n) is 4.89. The molecule has 1 aromatic rings. The van der Waals surface area contributed by atoms with Gasteiger partial charge in [0.25, 0.3) is 5.91 Å². The molecule has 0 unspecified atom stereocenters. The number of benzene rings is 1. The van der Waals surface area contributed by atoms with Crippen LogP contribution in [-0.4, -0.2) is 25.9 Å². The molecule has 0 radical (unpaired) electrons. The Labute approximate surface area is 94.1 Å². The second kappa shape index (κ2) is 6.74. The van der Waals surface area contributed by atoms with E-state index < -0.39 is 6.86 Å². The van der Waals surface area contributed by atoms with Gasteiger partial charge in [-0.25, -0.2) is 4.39 Å². The Bertz CT molecular complexity index is 340. The lowest BCUT2D eigenvalue weighted by atomic mass is 10.3. The molecule has 1 rings (SSSR count). The van der Waals surface area contributed by atoms with E-state index in [4.69, 9.17) is 0 Å². The van der Waals surface area contributed by atoms with Crippen LogP contribution in [0.1, 0.15) is 0 Å². The van der Waals surface area contributed by atoms with E-state index in [0.29, 0.717) is 6.54 Å². The fourth-order valence-electron chi connectivity index (χ4n) is 1.29. The fraction of sp³-hybridized carbons (Fsp3) is 0.250. The maximum Gasteiger partial charge on any atom is 0.253 e.